The van der Waals surface area contributed by atoms with Crippen LogP contribution < -0.4 is 16.0 Å². The van der Waals surface area contributed by atoms with E-state index in [2.05, 4.69) is 31.5 Å². The first-order valence-corrected chi connectivity index (χ1v) is 14.3. The van der Waals surface area contributed by atoms with E-state index >= 15 is 0 Å². The molecule has 1 unspecified atom stereocenters. The third kappa shape index (κ3) is 4.49. The van der Waals surface area contributed by atoms with Crippen molar-refractivity contribution in [1.82, 2.24) is 46.0 Å². The van der Waals surface area contributed by atoms with Gasteiger partial charge < -0.3 is 30.9 Å². The summed E-state index contributed by atoms with van der Waals surface area (Å²) in [6.07, 6.45) is 3.05. The number of carbonyl (C=O) groups excluding carboxylic acids is 3. The maximum atomic E-state index is 13.2. The Morgan fingerprint density at radius 2 is 2.13 bits per heavy atom. The Morgan fingerprint density at radius 1 is 1.33 bits per heavy atom. The van der Waals surface area contributed by atoms with Gasteiger partial charge in [-0.25, -0.2) is 9.48 Å². The lowest BCUT2D eigenvalue weighted by Crippen LogP contribution is -2.66. The van der Waals surface area contributed by atoms with Crippen LogP contribution in [0.4, 0.5) is 0 Å². The first-order valence-electron chi connectivity index (χ1n) is 13.4. The fourth-order valence-corrected chi connectivity index (χ4v) is 8.33. The highest BCUT2D eigenvalue weighted by molar-refractivity contribution is 8.03. The van der Waals surface area contributed by atoms with Crippen LogP contribution >= 0.6 is 11.8 Å². The Balaban J connectivity index is 1.08. The lowest BCUT2D eigenvalue weighted by molar-refractivity contribution is -0.158. The molecule has 0 bridgehead atoms. The summed E-state index contributed by atoms with van der Waals surface area (Å²) in [5.74, 6) is -2.40. The van der Waals surface area contributed by atoms with Crippen molar-refractivity contribution in [3.8, 4) is 0 Å². The second-order valence-corrected chi connectivity index (χ2v) is 12.8. The van der Waals surface area contributed by atoms with E-state index in [4.69, 9.17) is 0 Å². The number of hydrogen-bond acceptors (Lipinski definition) is 10. The third-order valence-corrected chi connectivity index (χ3v) is 10.3. The monoisotopic (exact) mass is 559 g/mol. The molecule has 5 aliphatic heterocycles. The molecule has 0 radical (unpaired) electrons. The minimum absolute atomic E-state index is 0.0230. The average Bonchev–Trinajstić information content (AvgIpc) is 3.66. The maximum Gasteiger partial charge on any atom is 0.353 e. The quantitative estimate of drug-likeness (QED) is 0.266. The van der Waals surface area contributed by atoms with Gasteiger partial charge in [0, 0.05) is 53.7 Å². The van der Waals surface area contributed by atoms with Gasteiger partial charge in [-0.05, 0) is 36.7 Å². The van der Waals surface area contributed by atoms with Crippen LogP contribution in [0.15, 0.2) is 16.9 Å². The molecular weight excluding hydrogens is 526 g/mol. The molecule has 6 heterocycles. The van der Waals surface area contributed by atoms with Crippen molar-refractivity contribution in [3.63, 3.8) is 0 Å². The van der Waals surface area contributed by atoms with Gasteiger partial charge in [0.25, 0.3) is 0 Å². The summed E-state index contributed by atoms with van der Waals surface area (Å²) in [5.41, 5.74) is 0.267. The minimum Gasteiger partial charge on any atom is -0.477 e. The number of rotatable bonds is 8. The highest BCUT2D eigenvalue weighted by Gasteiger charge is 2.60. The molecule has 1 spiro atoms. The van der Waals surface area contributed by atoms with Crippen LogP contribution in [0.25, 0.3) is 0 Å². The second kappa shape index (κ2) is 9.86. The second-order valence-electron chi connectivity index (χ2n) is 11.5. The van der Waals surface area contributed by atoms with Gasteiger partial charge in [-0.2, -0.15) is 0 Å². The zero-order valence-corrected chi connectivity index (χ0v) is 22.7. The fourth-order valence-electron chi connectivity index (χ4n) is 6.85. The molecule has 0 saturated carbocycles. The van der Waals surface area contributed by atoms with E-state index in [0.717, 1.165) is 32.6 Å². The molecule has 0 aliphatic carbocycles. The number of likely N-dealkylation sites (tertiary alicyclic amines) is 1. The molecule has 210 valence electrons. The first kappa shape index (κ1) is 26.2. The highest BCUT2D eigenvalue weighted by Crippen LogP contribution is 2.52. The first-order chi connectivity index (χ1) is 18.7. The van der Waals surface area contributed by atoms with Gasteiger partial charge in [-0.3, -0.25) is 14.4 Å². The molecule has 5 aliphatic rings. The van der Waals surface area contributed by atoms with Crippen LogP contribution in [-0.2, 0) is 25.7 Å². The van der Waals surface area contributed by atoms with E-state index in [9.17, 15) is 24.3 Å². The summed E-state index contributed by atoms with van der Waals surface area (Å²) in [6, 6.07) is -1.12. The molecule has 0 aromatic carbocycles. The summed E-state index contributed by atoms with van der Waals surface area (Å²) in [6.45, 7) is 7.78. The van der Waals surface area contributed by atoms with Crippen molar-refractivity contribution in [2.45, 2.75) is 56.6 Å². The van der Waals surface area contributed by atoms with Gasteiger partial charge in [0.1, 0.15) is 18.6 Å². The van der Waals surface area contributed by atoms with Gasteiger partial charge >= 0.3 is 5.97 Å². The van der Waals surface area contributed by atoms with Crippen LogP contribution in [0.1, 0.15) is 26.7 Å². The normalized spacial score (nSPS) is 31.7. The predicted octanol–water partition coefficient (Wildman–Crippen LogP) is -1.76. The number of thioether (sulfide) groups is 1. The zero-order chi connectivity index (χ0) is 27.5. The molecule has 4 N–H and O–H groups in total. The number of nitrogens with one attached hydrogen (secondary N) is 3. The standard InChI is InChI=1S/C24H33N9O5S/c1-12-18-17(13(2)28-16(34)7-32-11-27-29-30-32)22(36)33(18)19(23(37)38)20(12)39-14-5-15(26-6-14)21(35)31-9-24(10-31)3-4-25-8-24/h11-15,17-18,25-26H,3-10H2,1-2H3,(H,28,34)(H,37,38)/t12-,13?,14+,15+,17-,18-/m1/s1. The molecule has 3 amide bonds. The van der Waals surface area contributed by atoms with Crippen LogP contribution in [-0.4, -0.2) is 115 Å². The van der Waals surface area contributed by atoms with Crippen molar-refractivity contribution < 1.29 is 24.3 Å². The summed E-state index contributed by atoms with van der Waals surface area (Å²) < 4.78 is 1.29. The Bertz CT molecular complexity index is 1210. The topological polar surface area (TPSA) is 175 Å². The Hall–Kier alpha value is -3.04. The Morgan fingerprint density at radius 3 is 2.79 bits per heavy atom. The lowest BCUT2D eigenvalue weighted by atomic mass is 9.78. The molecule has 39 heavy (non-hydrogen) atoms. The third-order valence-electron chi connectivity index (χ3n) is 8.79. The summed E-state index contributed by atoms with van der Waals surface area (Å²) in [7, 11) is 0. The van der Waals surface area contributed by atoms with Gasteiger partial charge in [-0.15, -0.1) is 16.9 Å². The van der Waals surface area contributed by atoms with Crippen LogP contribution in [0.2, 0.25) is 0 Å². The summed E-state index contributed by atoms with van der Waals surface area (Å²) >= 11 is 1.47. The van der Waals surface area contributed by atoms with Crippen LogP contribution in [0.5, 0.6) is 0 Å². The summed E-state index contributed by atoms with van der Waals surface area (Å²) in [4.78, 5) is 54.9. The molecule has 15 heteroatoms. The molecular formula is C24H33N9O5S. The average molecular weight is 560 g/mol. The van der Waals surface area contributed by atoms with E-state index < -0.39 is 17.9 Å². The van der Waals surface area contributed by atoms with E-state index in [1.54, 1.807) is 6.92 Å². The van der Waals surface area contributed by atoms with Gasteiger partial charge in [0.15, 0.2) is 0 Å². The number of fused-ring (bicyclic) bond motifs is 1. The number of aliphatic carboxylic acids is 1. The van der Waals surface area contributed by atoms with Gasteiger partial charge in [0.2, 0.25) is 17.7 Å². The van der Waals surface area contributed by atoms with Crippen molar-refractivity contribution in [2.24, 2.45) is 17.3 Å². The Labute approximate surface area is 229 Å². The van der Waals surface area contributed by atoms with Crippen molar-refractivity contribution in [1.29, 1.82) is 0 Å². The van der Waals surface area contributed by atoms with E-state index in [-0.39, 0.29) is 58.6 Å². The molecule has 6 atom stereocenters. The fraction of sp³-hybridized carbons (Fsp3) is 0.708. The smallest absolute Gasteiger partial charge is 0.353 e. The minimum atomic E-state index is -1.14. The number of β-lactam (4-membered cyclic amide) rings is 1. The van der Waals surface area contributed by atoms with Crippen molar-refractivity contribution in [2.75, 3.05) is 32.7 Å². The molecule has 6 rings (SSSR count). The number of carboxylic acid groups (broad SMARTS) is 1. The van der Waals surface area contributed by atoms with E-state index in [1.807, 2.05) is 11.8 Å². The molecule has 1 aromatic rings. The number of aromatic nitrogens is 4. The Kier molecular flexibility index (Phi) is 6.62. The zero-order valence-electron chi connectivity index (χ0n) is 21.9. The van der Waals surface area contributed by atoms with Crippen LogP contribution in [0.3, 0.4) is 0 Å². The van der Waals surface area contributed by atoms with E-state index in [1.165, 1.54) is 27.7 Å². The number of carbonyl (C=O) groups is 4. The predicted molar refractivity (Wildman–Crippen MR) is 138 cm³/mol. The molecule has 4 saturated heterocycles. The van der Waals surface area contributed by atoms with Gasteiger partial charge in [-0.1, -0.05) is 6.92 Å². The molecule has 14 nitrogen and oxygen atoms in total. The SMILES string of the molecule is CC(NC(=O)Cn1cnnn1)[C@H]1C(=O)N2C(C(=O)O)=C(S[C@@H]3CN[C@H](C(=O)N4CC5(CCNC5)C4)C3)[C@H](C)[C@H]12. The van der Waals surface area contributed by atoms with Gasteiger partial charge in [0.05, 0.1) is 18.0 Å². The number of hydrogen-bond donors (Lipinski definition) is 4. The maximum absolute atomic E-state index is 13.2. The van der Waals surface area contributed by atoms with E-state index in [0.29, 0.717) is 17.9 Å². The number of tetrazole rings is 1. The summed E-state index contributed by atoms with van der Waals surface area (Å²) in [5, 5.41) is 30.3. The molecule has 4 fully saturated rings. The number of carboxylic acids is 1. The van der Waals surface area contributed by atoms with Crippen molar-refractivity contribution in [3.05, 3.63) is 16.9 Å². The largest absolute Gasteiger partial charge is 0.477 e. The lowest BCUT2D eigenvalue weighted by Gasteiger charge is -2.48. The van der Waals surface area contributed by atoms with Crippen molar-refractivity contribution >= 4 is 35.5 Å². The number of nitrogens with zero attached hydrogens (tertiary/aromatic N) is 6. The van der Waals surface area contributed by atoms with Crippen LogP contribution in [0, 0.1) is 17.3 Å². The highest BCUT2D eigenvalue weighted by atomic mass is 32.2. The number of amides is 3. The molecule has 1 aromatic heterocycles.